The lowest BCUT2D eigenvalue weighted by molar-refractivity contribution is -0.120. The molecule has 1 aliphatic rings. The van der Waals surface area contributed by atoms with E-state index in [-0.39, 0.29) is 31.0 Å². The predicted octanol–water partition coefficient (Wildman–Crippen LogP) is 2.84. The molecule has 0 spiro atoms. The summed E-state index contributed by atoms with van der Waals surface area (Å²) < 4.78 is 37.0. The first kappa shape index (κ1) is 20.0. The molecule has 0 radical (unpaired) electrons. The second-order valence-electron chi connectivity index (χ2n) is 6.38. The van der Waals surface area contributed by atoms with Gasteiger partial charge in [0.05, 0.1) is 17.5 Å². The highest BCUT2D eigenvalue weighted by Gasteiger charge is 2.26. The summed E-state index contributed by atoms with van der Waals surface area (Å²) in [5.41, 5.74) is 1.35. The zero-order chi connectivity index (χ0) is 20.1. The molecular formula is C20H24N2O5S. The molecule has 1 N–H and O–H groups in total. The zero-order valence-corrected chi connectivity index (χ0v) is 16.7. The zero-order valence-electron chi connectivity index (χ0n) is 15.9. The van der Waals surface area contributed by atoms with Gasteiger partial charge in [0.25, 0.3) is 0 Å². The van der Waals surface area contributed by atoms with E-state index in [2.05, 4.69) is 5.32 Å². The van der Waals surface area contributed by atoms with E-state index >= 15 is 0 Å². The van der Waals surface area contributed by atoms with Crippen LogP contribution in [0.25, 0.3) is 0 Å². The van der Waals surface area contributed by atoms with Crippen LogP contribution >= 0.6 is 0 Å². The van der Waals surface area contributed by atoms with Gasteiger partial charge in [0.1, 0.15) is 6.54 Å². The van der Waals surface area contributed by atoms with Crippen molar-refractivity contribution < 1.29 is 22.7 Å². The Kier molecular flexibility index (Phi) is 6.08. The number of rotatable bonds is 8. The van der Waals surface area contributed by atoms with Crippen molar-refractivity contribution in [2.45, 2.75) is 26.3 Å². The normalized spacial score (nSPS) is 13.8. The minimum Gasteiger partial charge on any atom is -0.454 e. The number of hydrogen-bond acceptors (Lipinski definition) is 5. The van der Waals surface area contributed by atoms with Gasteiger partial charge in [-0.1, -0.05) is 37.3 Å². The molecule has 0 aliphatic carbocycles. The molecular weight excluding hydrogens is 380 g/mol. The number of nitrogens with zero attached hydrogens (tertiary/aromatic N) is 1. The lowest BCUT2D eigenvalue weighted by atomic mass is 10.0. The highest BCUT2D eigenvalue weighted by molar-refractivity contribution is 7.92. The first-order valence-corrected chi connectivity index (χ1v) is 10.8. The van der Waals surface area contributed by atoms with Crippen LogP contribution in [0.3, 0.4) is 0 Å². The van der Waals surface area contributed by atoms with Crippen molar-refractivity contribution in [3.8, 4) is 11.5 Å². The van der Waals surface area contributed by atoms with Gasteiger partial charge in [0.15, 0.2) is 11.5 Å². The monoisotopic (exact) mass is 404 g/mol. The Hall–Kier alpha value is -2.74. The number of nitrogens with one attached hydrogen (secondary N) is 1. The Labute approximate surface area is 165 Å². The van der Waals surface area contributed by atoms with Gasteiger partial charge in [0, 0.05) is 6.07 Å². The molecule has 150 valence electrons. The lowest BCUT2D eigenvalue weighted by Gasteiger charge is -2.25. The van der Waals surface area contributed by atoms with Crippen LogP contribution in [0.4, 0.5) is 5.69 Å². The average Bonchev–Trinajstić information content (AvgIpc) is 3.18. The highest BCUT2D eigenvalue weighted by atomic mass is 32.2. The van der Waals surface area contributed by atoms with E-state index in [0.717, 1.165) is 9.87 Å². The average molecular weight is 404 g/mol. The fraction of sp³-hybridized carbons (Fsp3) is 0.350. The van der Waals surface area contributed by atoms with Crippen molar-refractivity contribution in [2.24, 2.45) is 0 Å². The Morgan fingerprint density at radius 2 is 1.82 bits per heavy atom. The number of hydrogen-bond donors (Lipinski definition) is 1. The van der Waals surface area contributed by atoms with Gasteiger partial charge in [0.2, 0.25) is 22.7 Å². The largest absolute Gasteiger partial charge is 0.454 e. The third-order valence-corrected chi connectivity index (χ3v) is 6.32. The number of amides is 1. The van der Waals surface area contributed by atoms with Crippen LogP contribution in [0, 0.1) is 0 Å². The molecule has 3 rings (SSSR count). The number of anilines is 1. The molecule has 1 heterocycles. The number of fused-ring (bicyclic) bond motifs is 1. The van der Waals surface area contributed by atoms with Gasteiger partial charge < -0.3 is 14.8 Å². The van der Waals surface area contributed by atoms with E-state index in [1.807, 2.05) is 37.3 Å². The van der Waals surface area contributed by atoms with Gasteiger partial charge >= 0.3 is 0 Å². The second-order valence-corrected chi connectivity index (χ2v) is 8.57. The van der Waals surface area contributed by atoms with E-state index in [4.69, 9.17) is 9.47 Å². The van der Waals surface area contributed by atoms with Gasteiger partial charge in [-0.3, -0.25) is 9.10 Å². The van der Waals surface area contributed by atoms with Crippen LogP contribution < -0.4 is 19.1 Å². The van der Waals surface area contributed by atoms with Crippen molar-refractivity contribution in [3.05, 3.63) is 54.1 Å². The van der Waals surface area contributed by atoms with Gasteiger partial charge in [-0.2, -0.15) is 0 Å². The fourth-order valence-electron chi connectivity index (χ4n) is 3.02. The summed E-state index contributed by atoms with van der Waals surface area (Å²) in [5.74, 6) is 0.525. The molecule has 8 heteroatoms. The maximum atomic E-state index is 12.7. The van der Waals surface area contributed by atoms with Crippen molar-refractivity contribution in [3.63, 3.8) is 0 Å². The summed E-state index contributed by atoms with van der Waals surface area (Å²) >= 11 is 0. The van der Waals surface area contributed by atoms with Crippen molar-refractivity contribution >= 4 is 21.6 Å². The minimum atomic E-state index is -3.66. The Balaban J connectivity index is 1.81. The summed E-state index contributed by atoms with van der Waals surface area (Å²) in [5, 5.41) is 2.93. The summed E-state index contributed by atoms with van der Waals surface area (Å²) in [7, 11) is -3.66. The van der Waals surface area contributed by atoms with E-state index in [9.17, 15) is 13.2 Å². The Bertz CT molecular complexity index is 931. The topological polar surface area (TPSA) is 84.9 Å². The van der Waals surface area contributed by atoms with Crippen LogP contribution in [0.15, 0.2) is 48.5 Å². The summed E-state index contributed by atoms with van der Waals surface area (Å²) in [6.07, 6.45) is 0.695. The number of carbonyl (C=O) groups is 1. The van der Waals surface area contributed by atoms with Crippen molar-refractivity contribution in [2.75, 3.05) is 23.4 Å². The molecule has 1 amide bonds. The quantitative estimate of drug-likeness (QED) is 0.731. The van der Waals surface area contributed by atoms with Crippen molar-refractivity contribution in [1.82, 2.24) is 5.32 Å². The van der Waals surface area contributed by atoms with E-state index < -0.39 is 10.0 Å². The fourth-order valence-corrected chi connectivity index (χ4v) is 4.08. The number of ether oxygens (including phenoxy) is 2. The van der Waals surface area contributed by atoms with Gasteiger partial charge in [-0.05, 0) is 31.0 Å². The van der Waals surface area contributed by atoms with Gasteiger partial charge in [-0.15, -0.1) is 0 Å². The molecule has 1 atom stereocenters. The SMILES string of the molecule is CCC(NC(=O)CN(c1ccc2c(c1)OCO2)S(=O)(=O)CC)c1ccccc1. The molecule has 2 aromatic rings. The lowest BCUT2D eigenvalue weighted by Crippen LogP contribution is -2.42. The van der Waals surface area contributed by atoms with E-state index in [1.165, 1.54) is 0 Å². The molecule has 1 unspecified atom stereocenters. The summed E-state index contributed by atoms with van der Waals surface area (Å²) in [4.78, 5) is 12.7. The van der Waals surface area contributed by atoms with Crippen LogP contribution in [0.5, 0.6) is 11.5 Å². The van der Waals surface area contributed by atoms with E-state index in [0.29, 0.717) is 23.6 Å². The Morgan fingerprint density at radius 3 is 2.50 bits per heavy atom. The minimum absolute atomic E-state index is 0.0923. The third kappa shape index (κ3) is 4.39. The molecule has 0 fully saturated rings. The second kappa shape index (κ2) is 8.52. The predicted molar refractivity (Wildman–Crippen MR) is 107 cm³/mol. The highest BCUT2D eigenvalue weighted by Crippen LogP contribution is 2.36. The third-order valence-electron chi connectivity index (χ3n) is 4.58. The van der Waals surface area contributed by atoms with Crippen LogP contribution in [-0.4, -0.2) is 33.4 Å². The molecule has 28 heavy (non-hydrogen) atoms. The van der Waals surface area contributed by atoms with Crippen LogP contribution in [0.2, 0.25) is 0 Å². The van der Waals surface area contributed by atoms with Crippen LogP contribution in [0.1, 0.15) is 31.9 Å². The maximum absolute atomic E-state index is 12.7. The summed E-state index contributed by atoms with van der Waals surface area (Å²) in [6, 6.07) is 14.3. The Morgan fingerprint density at radius 1 is 1.11 bits per heavy atom. The number of sulfonamides is 1. The van der Waals surface area contributed by atoms with Gasteiger partial charge in [-0.25, -0.2) is 8.42 Å². The van der Waals surface area contributed by atoms with Crippen LogP contribution in [-0.2, 0) is 14.8 Å². The first-order valence-electron chi connectivity index (χ1n) is 9.19. The van der Waals surface area contributed by atoms with Crippen molar-refractivity contribution in [1.29, 1.82) is 0 Å². The molecule has 0 bridgehead atoms. The molecule has 1 aliphatic heterocycles. The molecule has 2 aromatic carbocycles. The number of carbonyl (C=O) groups excluding carboxylic acids is 1. The molecule has 0 saturated carbocycles. The van der Waals surface area contributed by atoms with E-state index in [1.54, 1.807) is 25.1 Å². The summed E-state index contributed by atoms with van der Waals surface area (Å²) in [6.45, 7) is 3.30. The molecule has 0 aromatic heterocycles. The maximum Gasteiger partial charge on any atom is 0.241 e. The number of benzene rings is 2. The smallest absolute Gasteiger partial charge is 0.241 e. The standard InChI is InChI=1S/C20H24N2O5S/c1-3-17(15-8-6-5-7-9-15)21-20(23)13-22(28(24,25)4-2)16-10-11-18-19(12-16)27-14-26-18/h5-12,17H,3-4,13-14H2,1-2H3,(H,21,23). The molecule has 7 nitrogen and oxygen atoms in total. The first-order chi connectivity index (χ1) is 13.4. The molecule has 0 saturated heterocycles.